The van der Waals surface area contributed by atoms with Crippen molar-refractivity contribution in [3.63, 3.8) is 0 Å². The fourth-order valence-corrected chi connectivity index (χ4v) is 2.65. The van der Waals surface area contributed by atoms with E-state index in [0.717, 1.165) is 12.3 Å². The molecule has 0 radical (unpaired) electrons. The van der Waals surface area contributed by atoms with Crippen molar-refractivity contribution >= 4 is 33.0 Å². The molecular weight excluding hydrogens is 402 g/mol. The molecule has 0 heterocycles. The third-order valence-corrected chi connectivity index (χ3v) is 4.50. The number of sulfonamides is 1. The zero-order chi connectivity index (χ0) is 21.6. The van der Waals surface area contributed by atoms with Crippen LogP contribution in [0, 0.1) is 21.4 Å². The second-order valence-corrected chi connectivity index (χ2v) is 7.04. The number of amides is 1. The van der Waals surface area contributed by atoms with E-state index >= 15 is 0 Å². The first-order chi connectivity index (χ1) is 13.7. The maximum Gasteiger partial charge on any atom is 0.273 e. The van der Waals surface area contributed by atoms with Gasteiger partial charge in [-0.1, -0.05) is 0 Å². The highest BCUT2D eigenvalue weighted by Gasteiger charge is 2.16. The summed E-state index contributed by atoms with van der Waals surface area (Å²) < 4.78 is 27.5. The molecule has 12 heteroatoms. The van der Waals surface area contributed by atoms with Gasteiger partial charge in [0.15, 0.2) is 0 Å². The van der Waals surface area contributed by atoms with Crippen LogP contribution in [-0.4, -0.2) is 26.4 Å². The highest BCUT2D eigenvalue weighted by molar-refractivity contribution is 7.89. The lowest BCUT2D eigenvalue weighted by atomic mass is 10.2. The van der Waals surface area contributed by atoms with Crippen LogP contribution < -0.4 is 20.5 Å². The summed E-state index contributed by atoms with van der Waals surface area (Å²) in [5.74, 6) is -0.732. The molecule has 0 aliphatic heterocycles. The molecule has 29 heavy (non-hydrogen) atoms. The fourth-order valence-electron chi connectivity index (χ4n) is 2.13. The first-order valence-electron chi connectivity index (χ1n) is 7.79. The predicted molar refractivity (Wildman–Crippen MR) is 103 cm³/mol. The average Bonchev–Trinajstić information content (AvgIpc) is 2.68. The molecule has 0 spiro atoms. The summed E-state index contributed by atoms with van der Waals surface area (Å²) >= 11 is 0. The third kappa shape index (κ3) is 5.51. The van der Waals surface area contributed by atoms with Gasteiger partial charge in [0.25, 0.3) is 11.6 Å². The highest BCUT2D eigenvalue weighted by atomic mass is 32.2. The standard InChI is InChI=1S/C17H15N5O6S/c1-28-16-8-13(22(24)25)4-7-15(16)21-17(23)11(9-18)10-20-12-2-5-14(6-3-12)29(19,26)27/h2-8,10,20H,1H3,(H,21,23)(H2,19,26,27)/b11-10-. The first kappa shape index (κ1) is 21.4. The molecule has 0 saturated heterocycles. The van der Waals surface area contributed by atoms with Crippen LogP contribution in [0.4, 0.5) is 17.1 Å². The quantitative estimate of drug-likeness (QED) is 0.264. The number of primary sulfonamides is 1. The van der Waals surface area contributed by atoms with Gasteiger partial charge in [-0.15, -0.1) is 0 Å². The molecule has 0 bridgehead atoms. The van der Waals surface area contributed by atoms with E-state index in [0.29, 0.717) is 5.69 Å². The minimum atomic E-state index is -3.83. The molecular formula is C17H15N5O6S. The zero-order valence-corrected chi connectivity index (χ0v) is 15.8. The molecule has 2 aromatic carbocycles. The number of nitriles is 1. The number of hydrogen-bond acceptors (Lipinski definition) is 8. The van der Waals surface area contributed by atoms with Crippen molar-refractivity contribution in [2.45, 2.75) is 4.90 Å². The lowest BCUT2D eigenvalue weighted by Gasteiger charge is -2.09. The van der Waals surface area contributed by atoms with E-state index in [-0.39, 0.29) is 27.6 Å². The number of ether oxygens (including phenoxy) is 1. The second-order valence-electron chi connectivity index (χ2n) is 5.48. The molecule has 11 nitrogen and oxygen atoms in total. The minimum Gasteiger partial charge on any atom is -0.494 e. The van der Waals surface area contributed by atoms with Crippen LogP contribution in [0.2, 0.25) is 0 Å². The first-order valence-corrected chi connectivity index (χ1v) is 9.34. The number of rotatable bonds is 7. The number of hydrogen-bond donors (Lipinski definition) is 3. The fraction of sp³-hybridized carbons (Fsp3) is 0.0588. The number of benzene rings is 2. The average molecular weight is 417 g/mol. The number of nitrogens with one attached hydrogen (secondary N) is 2. The molecule has 0 aliphatic carbocycles. The van der Waals surface area contributed by atoms with Gasteiger partial charge in [0.2, 0.25) is 10.0 Å². The number of nitrogens with two attached hydrogens (primary N) is 1. The second kappa shape index (κ2) is 8.83. The Labute approximate surface area is 165 Å². The van der Waals surface area contributed by atoms with Crippen LogP contribution >= 0.6 is 0 Å². The maximum atomic E-state index is 12.3. The van der Waals surface area contributed by atoms with E-state index in [1.54, 1.807) is 6.07 Å². The van der Waals surface area contributed by atoms with Gasteiger partial charge in [-0.2, -0.15) is 5.26 Å². The molecule has 4 N–H and O–H groups in total. The Morgan fingerprint density at radius 1 is 1.28 bits per heavy atom. The smallest absolute Gasteiger partial charge is 0.273 e. The molecule has 0 atom stereocenters. The van der Waals surface area contributed by atoms with E-state index in [1.165, 1.54) is 43.5 Å². The minimum absolute atomic E-state index is 0.0522. The van der Waals surface area contributed by atoms with E-state index in [4.69, 9.17) is 9.88 Å². The predicted octanol–water partition coefficient (Wildman–Crippen LogP) is 1.71. The van der Waals surface area contributed by atoms with Crippen molar-refractivity contribution in [3.05, 3.63) is 64.4 Å². The van der Waals surface area contributed by atoms with E-state index in [1.807, 2.05) is 0 Å². The van der Waals surface area contributed by atoms with Crippen LogP contribution in [0.1, 0.15) is 0 Å². The maximum absolute atomic E-state index is 12.3. The summed E-state index contributed by atoms with van der Waals surface area (Å²) in [5, 5.41) is 30.2. The van der Waals surface area contributed by atoms with Crippen LogP contribution in [0.3, 0.4) is 0 Å². The summed E-state index contributed by atoms with van der Waals surface area (Å²) in [4.78, 5) is 22.4. The van der Waals surface area contributed by atoms with Crippen molar-refractivity contribution in [1.82, 2.24) is 0 Å². The Morgan fingerprint density at radius 2 is 1.93 bits per heavy atom. The van der Waals surface area contributed by atoms with Crippen molar-refractivity contribution in [1.29, 1.82) is 5.26 Å². The molecule has 0 saturated carbocycles. The third-order valence-electron chi connectivity index (χ3n) is 3.58. The number of nitrogens with zero attached hydrogens (tertiary/aromatic N) is 2. The monoisotopic (exact) mass is 417 g/mol. The number of methoxy groups -OCH3 is 1. The van der Waals surface area contributed by atoms with Crippen LogP contribution in [-0.2, 0) is 14.8 Å². The SMILES string of the molecule is COc1cc([N+](=O)[O-])ccc1NC(=O)/C(C#N)=C\Nc1ccc(S(N)(=O)=O)cc1. The summed E-state index contributed by atoms with van der Waals surface area (Å²) in [5.41, 5.74) is 0.0223. The molecule has 0 fully saturated rings. The van der Waals surface area contributed by atoms with Crippen molar-refractivity contribution in [2.75, 3.05) is 17.7 Å². The van der Waals surface area contributed by atoms with Gasteiger partial charge in [-0.05, 0) is 30.3 Å². The number of nitro benzene ring substituents is 1. The van der Waals surface area contributed by atoms with Gasteiger partial charge in [0.1, 0.15) is 17.4 Å². The lowest BCUT2D eigenvalue weighted by Crippen LogP contribution is -2.15. The van der Waals surface area contributed by atoms with E-state index in [2.05, 4.69) is 10.6 Å². The van der Waals surface area contributed by atoms with Gasteiger partial charge in [-0.25, -0.2) is 13.6 Å². The van der Waals surface area contributed by atoms with Crippen molar-refractivity contribution < 1.29 is 22.9 Å². The Bertz CT molecular complexity index is 1120. The normalized spacial score (nSPS) is 11.3. The molecule has 1 amide bonds. The van der Waals surface area contributed by atoms with Crippen LogP contribution in [0.5, 0.6) is 5.75 Å². The van der Waals surface area contributed by atoms with Gasteiger partial charge in [0.05, 0.1) is 28.7 Å². The summed E-state index contributed by atoms with van der Waals surface area (Å²) in [7, 11) is -2.55. The number of anilines is 2. The molecule has 0 unspecified atom stereocenters. The number of nitro groups is 1. The van der Waals surface area contributed by atoms with Gasteiger partial charge in [-0.3, -0.25) is 14.9 Å². The topological polar surface area (TPSA) is 177 Å². The molecule has 2 aromatic rings. The number of non-ortho nitro benzene ring substituents is 1. The van der Waals surface area contributed by atoms with Crippen LogP contribution in [0.25, 0.3) is 0 Å². The molecule has 0 aromatic heterocycles. The van der Waals surface area contributed by atoms with Gasteiger partial charge in [0, 0.05) is 18.0 Å². The Balaban J connectivity index is 2.16. The van der Waals surface area contributed by atoms with Crippen molar-refractivity contribution in [2.24, 2.45) is 5.14 Å². The summed E-state index contributed by atoms with van der Waals surface area (Å²) in [6.45, 7) is 0. The molecule has 2 rings (SSSR count). The Kier molecular flexibility index (Phi) is 6.50. The Hall–Kier alpha value is -3.95. The summed E-state index contributed by atoms with van der Waals surface area (Å²) in [6.07, 6.45) is 1.12. The number of carbonyl (C=O) groups is 1. The van der Waals surface area contributed by atoms with E-state index < -0.39 is 20.9 Å². The highest BCUT2D eigenvalue weighted by Crippen LogP contribution is 2.29. The molecule has 150 valence electrons. The van der Waals surface area contributed by atoms with Gasteiger partial charge < -0.3 is 15.4 Å². The van der Waals surface area contributed by atoms with Crippen LogP contribution in [0.15, 0.2) is 59.1 Å². The largest absolute Gasteiger partial charge is 0.494 e. The summed E-state index contributed by atoms with van der Waals surface area (Å²) in [6, 6.07) is 10.7. The van der Waals surface area contributed by atoms with E-state index in [9.17, 15) is 28.6 Å². The zero-order valence-electron chi connectivity index (χ0n) is 14.9. The lowest BCUT2D eigenvalue weighted by molar-refractivity contribution is -0.384. The molecule has 0 aliphatic rings. The van der Waals surface area contributed by atoms with Crippen molar-refractivity contribution in [3.8, 4) is 11.8 Å². The Morgan fingerprint density at radius 3 is 2.45 bits per heavy atom. The van der Waals surface area contributed by atoms with Gasteiger partial charge >= 0.3 is 0 Å². The number of carbonyl (C=O) groups excluding carboxylic acids is 1.